The third-order valence-corrected chi connectivity index (χ3v) is 2.65. The van der Waals surface area contributed by atoms with E-state index in [9.17, 15) is 13.6 Å². The summed E-state index contributed by atoms with van der Waals surface area (Å²) >= 11 is 2.90. The first-order chi connectivity index (χ1) is 7.45. The Balaban J connectivity index is 2.96. The van der Waals surface area contributed by atoms with Gasteiger partial charge in [0.05, 0.1) is 10.2 Å². The van der Waals surface area contributed by atoms with E-state index in [1.165, 1.54) is 6.07 Å². The summed E-state index contributed by atoms with van der Waals surface area (Å²) in [4.78, 5) is 10.7. The molecule has 2 N–H and O–H groups in total. The van der Waals surface area contributed by atoms with Crippen molar-refractivity contribution in [2.75, 3.05) is 5.32 Å². The molecule has 1 unspecified atom stereocenters. The van der Waals surface area contributed by atoms with Gasteiger partial charge in [0.1, 0.15) is 17.7 Å². The highest BCUT2D eigenvalue weighted by Crippen LogP contribution is 2.24. The van der Waals surface area contributed by atoms with Gasteiger partial charge in [0, 0.05) is 6.07 Å². The Kier molecular flexibility index (Phi) is 4.23. The number of carboxylic acid groups (broad SMARTS) is 1. The Bertz CT molecular complexity index is 412. The van der Waals surface area contributed by atoms with Gasteiger partial charge in [-0.05, 0) is 28.4 Å². The molecule has 0 aliphatic carbocycles. The molecule has 0 heterocycles. The smallest absolute Gasteiger partial charge is 0.326 e. The lowest BCUT2D eigenvalue weighted by Gasteiger charge is -2.14. The molecule has 0 aromatic heterocycles. The van der Waals surface area contributed by atoms with E-state index in [2.05, 4.69) is 21.2 Å². The molecule has 6 heteroatoms. The van der Waals surface area contributed by atoms with Crippen LogP contribution < -0.4 is 5.32 Å². The van der Waals surface area contributed by atoms with Gasteiger partial charge in [0.15, 0.2) is 0 Å². The van der Waals surface area contributed by atoms with Crippen molar-refractivity contribution < 1.29 is 18.7 Å². The monoisotopic (exact) mass is 293 g/mol. The second-order valence-corrected chi connectivity index (χ2v) is 4.04. The molecule has 0 saturated heterocycles. The minimum atomic E-state index is -1.08. The van der Waals surface area contributed by atoms with Gasteiger partial charge in [0.2, 0.25) is 0 Å². The van der Waals surface area contributed by atoms with Crippen LogP contribution in [0.2, 0.25) is 0 Å². The van der Waals surface area contributed by atoms with Gasteiger partial charge in [-0.3, -0.25) is 0 Å². The van der Waals surface area contributed by atoms with Crippen molar-refractivity contribution in [1.29, 1.82) is 0 Å². The summed E-state index contributed by atoms with van der Waals surface area (Å²) in [5, 5.41) is 11.3. The van der Waals surface area contributed by atoms with E-state index in [-0.39, 0.29) is 10.2 Å². The molecule has 0 radical (unpaired) electrons. The highest BCUT2D eigenvalue weighted by Gasteiger charge is 2.17. The van der Waals surface area contributed by atoms with Gasteiger partial charge in [-0.15, -0.1) is 0 Å². The second kappa shape index (κ2) is 5.25. The Morgan fingerprint density at radius 3 is 2.62 bits per heavy atom. The van der Waals surface area contributed by atoms with Crippen molar-refractivity contribution in [3.8, 4) is 0 Å². The zero-order valence-corrected chi connectivity index (χ0v) is 10.0. The Hall–Kier alpha value is -1.17. The van der Waals surface area contributed by atoms with E-state index in [1.807, 2.05) is 0 Å². The Labute approximate surface area is 99.6 Å². The van der Waals surface area contributed by atoms with Crippen molar-refractivity contribution in [2.45, 2.75) is 19.4 Å². The molecule has 0 saturated carbocycles. The number of rotatable bonds is 4. The van der Waals surface area contributed by atoms with E-state index in [0.29, 0.717) is 12.5 Å². The van der Waals surface area contributed by atoms with Gasteiger partial charge in [-0.2, -0.15) is 0 Å². The first-order valence-corrected chi connectivity index (χ1v) is 5.39. The first kappa shape index (κ1) is 12.9. The molecule has 1 aromatic carbocycles. The standard InChI is InChI=1S/C10H10BrF2NO2/c1-2-8(10(15)16)14-9-3-5(11)6(12)4-7(9)13/h3-4,8,14H,2H2,1H3,(H,15,16). The molecular formula is C10H10BrF2NO2. The number of carbonyl (C=O) groups is 1. The molecule has 0 fully saturated rings. The van der Waals surface area contributed by atoms with Crippen molar-refractivity contribution >= 4 is 27.6 Å². The molecule has 1 aromatic rings. The molecule has 16 heavy (non-hydrogen) atoms. The maximum absolute atomic E-state index is 13.3. The van der Waals surface area contributed by atoms with E-state index in [4.69, 9.17) is 5.11 Å². The van der Waals surface area contributed by atoms with E-state index < -0.39 is 23.6 Å². The van der Waals surface area contributed by atoms with Crippen LogP contribution >= 0.6 is 15.9 Å². The fourth-order valence-corrected chi connectivity index (χ4v) is 1.50. The van der Waals surface area contributed by atoms with Crippen molar-refractivity contribution in [3.63, 3.8) is 0 Å². The first-order valence-electron chi connectivity index (χ1n) is 4.59. The summed E-state index contributed by atoms with van der Waals surface area (Å²) in [6.45, 7) is 1.66. The molecule has 0 aliphatic rings. The van der Waals surface area contributed by atoms with Crippen LogP contribution in [-0.4, -0.2) is 17.1 Å². The summed E-state index contributed by atoms with van der Waals surface area (Å²) in [6.07, 6.45) is 0.295. The summed E-state index contributed by atoms with van der Waals surface area (Å²) in [5.41, 5.74) is -0.0393. The lowest BCUT2D eigenvalue weighted by molar-refractivity contribution is -0.137. The Morgan fingerprint density at radius 2 is 2.12 bits per heavy atom. The molecular weight excluding hydrogens is 284 g/mol. The largest absolute Gasteiger partial charge is 0.480 e. The average molecular weight is 294 g/mol. The topological polar surface area (TPSA) is 49.3 Å². The molecule has 1 rings (SSSR count). The highest BCUT2D eigenvalue weighted by molar-refractivity contribution is 9.10. The van der Waals surface area contributed by atoms with E-state index in [1.54, 1.807) is 6.92 Å². The third kappa shape index (κ3) is 2.91. The number of hydrogen-bond acceptors (Lipinski definition) is 2. The van der Waals surface area contributed by atoms with Crippen LogP contribution in [0.1, 0.15) is 13.3 Å². The quantitative estimate of drug-likeness (QED) is 0.839. The molecule has 0 amide bonds. The average Bonchev–Trinajstić information content (AvgIpc) is 2.21. The minimum Gasteiger partial charge on any atom is -0.480 e. The zero-order chi connectivity index (χ0) is 12.3. The molecule has 1 atom stereocenters. The van der Waals surface area contributed by atoms with E-state index >= 15 is 0 Å². The molecule has 88 valence electrons. The summed E-state index contributed by atoms with van der Waals surface area (Å²) < 4.78 is 26.3. The van der Waals surface area contributed by atoms with Crippen LogP contribution in [0.4, 0.5) is 14.5 Å². The van der Waals surface area contributed by atoms with Gasteiger partial charge in [0.25, 0.3) is 0 Å². The normalized spacial score (nSPS) is 12.2. The predicted molar refractivity (Wildman–Crippen MR) is 59.4 cm³/mol. The van der Waals surface area contributed by atoms with Gasteiger partial charge in [-0.25, -0.2) is 13.6 Å². The number of carboxylic acids is 1. The molecule has 0 spiro atoms. The lowest BCUT2D eigenvalue weighted by Crippen LogP contribution is -2.28. The van der Waals surface area contributed by atoms with Crippen LogP contribution in [0.5, 0.6) is 0 Å². The van der Waals surface area contributed by atoms with E-state index in [0.717, 1.165) is 0 Å². The van der Waals surface area contributed by atoms with Crippen LogP contribution in [0.3, 0.4) is 0 Å². The number of nitrogens with one attached hydrogen (secondary N) is 1. The number of aliphatic carboxylic acids is 1. The summed E-state index contributed by atoms with van der Waals surface area (Å²) in [5.74, 6) is -2.63. The fraction of sp³-hybridized carbons (Fsp3) is 0.300. The lowest BCUT2D eigenvalue weighted by atomic mass is 10.2. The van der Waals surface area contributed by atoms with Gasteiger partial charge < -0.3 is 10.4 Å². The van der Waals surface area contributed by atoms with Crippen molar-refractivity contribution in [1.82, 2.24) is 0 Å². The van der Waals surface area contributed by atoms with Gasteiger partial charge in [-0.1, -0.05) is 6.92 Å². The molecule has 3 nitrogen and oxygen atoms in total. The SMILES string of the molecule is CCC(Nc1cc(Br)c(F)cc1F)C(=O)O. The maximum Gasteiger partial charge on any atom is 0.326 e. The van der Waals surface area contributed by atoms with Gasteiger partial charge >= 0.3 is 5.97 Å². The third-order valence-electron chi connectivity index (χ3n) is 2.05. The highest BCUT2D eigenvalue weighted by atomic mass is 79.9. The Morgan fingerprint density at radius 1 is 1.50 bits per heavy atom. The molecule has 0 aliphatic heterocycles. The second-order valence-electron chi connectivity index (χ2n) is 3.19. The van der Waals surface area contributed by atoms with Crippen LogP contribution in [-0.2, 0) is 4.79 Å². The predicted octanol–water partition coefficient (Wildman–Crippen LogP) is 3.00. The summed E-state index contributed by atoms with van der Waals surface area (Å²) in [7, 11) is 0. The number of hydrogen-bond donors (Lipinski definition) is 2. The molecule has 0 bridgehead atoms. The summed E-state index contributed by atoms with van der Waals surface area (Å²) in [6, 6.07) is 0.976. The zero-order valence-electron chi connectivity index (χ0n) is 8.43. The number of benzene rings is 1. The number of halogens is 3. The maximum atomic E-state index is 13.3. The van der Waals surface area contributed by atoms with Crippen LogP contribution in [0.25, 0.3) is 0 Å². The minimum absolute atomic E-state index is 0.0393. The van der Waals surface area contributed by atoms with Crippen molar-refractivity contribution in [3.05, 3.63) is 28.2 Å². The van der Waals surface area contributed by atoms with Crippen LogP contribution in [0.15, 0.2) is 16.6 Å². The number of anilines is 1. The fourth-order valence-electron chi connectivity index (χ4n) is 1.16. The van der Waals surface area contributed by atoms with Crippen LogP contribution in [0, 0.1) is 11.6 Å². The van der Waals surface area contributed by atoms with Crippen molar-refractivity contribution in [2.24, 2.45) is 0 Å².